The average molecular weight is 516 g/mol. The van der Waals surface area contributed by atoms with Crippen molar-refractivity contribution in [3.63, 3.8) is 0 Å². The number of methoxy groups -OCH3 is 1. The van der Waals surface area contributed by atoms with Gasteiger partial charge >= 0.3 is 6.18 Å². The van der Waals surface area contributed by atoms with Crippen molar-refractivity contribution < 1.29 is 17.9 Å². The number of anilines is 1. The number of halogens is 3. The summed E-state index contributed by atoms with van der Waals surface area (Å²) in [6, 6.07) is 5.29. The predicted molar refractivity (Wildman–Crippen MR) is 132 cm³/mol. The Balaban J connectivity index is 1.47. The van der Waals surface area contributed by atoms with Crippen LogP contribution in [0.5, 0.6) is 0 Å². The quantitative estimate of drug-likeness (QED) is 0.380. The van der Waals surface area contributed by atoms with E-state index in [4.69, 9.17) is 9.72 Å². The van der Waals surface area contributed by atoms with E-state index in [-0.39, 0.29) is 18.1 Å². The molecule has 0 bridgehead atoms. The van der Waals surface area contributed by atoms with E-state index in [2.05, 4.69) is 20.0 Å². The molecule has 1 fully saturated rings. The number of nitrogens with one attached hydrogen (secondary N) is 1. The van der Waals surface area contributed by atoms with Gasteiger partial charge in [-0.25, -0.2) is 4.98 Å². The predicted octanol–water partition coefficient (Wildman–Crippen LogP) is 4.08. The molecule has 1 aliphatic rings. The molecule has 1 saturated heterocycles. The van der Waals surface area contributed by atoms with Crippen molar-refractivity contribution in [3.05, 3.63) is 58.1 Å². The maximum atomic E-state index is 13.4. The van der Waals surface area contributed by atoms with Gasteiger partial charge in [-0.2, -0.15) is 23.3 Å². The van der Waals surface area contributed by atoms with Gasteiger partial charge in [0.15, 0.2) is 11.2 Å². The third kappa shape index (κ3) is 4.97. The van der Waals surface area contributed by atoms with Crippen molar-refractivity contribution in [2.75, 3.05) is 25.2 Å². The van der Waals surface area contributed by atoms with E-state index in [1.54, 1.807) is 30.1 Å². The largest absolute Gasteiger partial charge is 0.416 e. The Morgan fingerprint density at radius 1 is 1.24 bits per heavy atom. The maximum absolute atomic E-state index is 13.4. The first-order valence-corrected chi connectivity index (χ1v) is 12.2. The van der Waals surface area contributed by atoms with E-state index in [0.29, 0.717) is 47.2 Å². The number of nitrogens with zero attached hydrogens (tertiary/aromatic N) is 6. The number of benzene rings is 1. The van der Waals surface area contributed by atoms with Gasteiger partial charge in [-0.3, -0.25) is 14.0 Å². The summed E-state index contributed by atoms with van der Waals surface area (Å²) in [5.74, 6) is 1.02. The van der Waals surface area contributed by atoms with Crippen LogP contribution in [-0.2, 0) is 24.0 Å². The molecule has 0 amide bonds. The summed E-state index contributed by atoms with van der Waals surface area (Å²) < 4.78 is 47.8. The normalized spacial score (nSPS) is 16.2. The molecule has 1 atom stereocenters. The Bertz CT molecular complexity index is 1460. The van der Waals surface area contributed by atoms with E-state index in [0.717, 1.165) is 37.9 Å². The molecule has 1 N–H and O–H groups in total. The highest BCUT2D eigenvalue weighted by Gasteiger charge is 2.31. The molecule has 0 radical (unpaired) electrons. The molecule has 9 nitrogen and oxygen atoms in total. The number of hydrogen-bond acceptors (Lipinski definition) is 6. The summed E-state index contributed by atoms with van der Waals surface area (Å²) in [5.41, 5.74) is 0.799. The SMILES string of the molecule is CCCn1c(N2CCC[C@H]2COC)nc2nc(-c3cnn(Cc4cccc(C(F)(F)F)c4)c3)[nH]c2c1=O. The number of imidazole rings is 1. The Morgan fingerprint density at radius 3 is 2.84 bits per heavy atom. The highest BCUT2D eigenvalue weighted by molar-refractivity contribution is 5.76. The summed E-state index contributed by atoms with van der Waals surface area (Å²) in [6.07, 6.45) is 1.56. The number of aromatic nitrogens is 6. The third-order valence-corrected chi connectivity index (χ3v) is 6.54. The Kier molecular flexibility index (Phi) is 6.76. The van der Waals surface area contributed by atoms with Crippen LogP contribution in [0.25, 0.3) is 22.6 Å². The number of H-pyrrole nitrogens is 1. The molecule has 4 heterocycles. The summed E-state index contributed by atoms with van der Waals surface area (Å²) in [6.45, 7) is 4.03. The smallest absolute Gasteiger partial charge is 0.383 e. The van der Waals surface area contributed by atoms with Gasteiger partial charge in [0, 0.05) is 26.4 Å². The lowest BCUT2D eigenvalue weighted by atomic mass is 10.1. The fourth-order valence-corrected chi connectivity index (χ4v) is 4.83. The number of aromatic amines is 1. The molecule has 0 unspecified atom stereocenters. The topological polar surface area (TPSA) is 93.9 Å². The van der Waals surface area contributed by atoms with E-state index in [9.17, 15) is 18.0 Å². The fourth-order valence-electron chi connectivity index (χ4n) is 4.83. The van der Waals surface area contributed by atoms with Gasteiger partial charge in [0.1, 0.15) is 5.82 Å². The van der Waals surface area contributed by atoms with Crippen LogP contribution in [0.1, 0.15) is 37.3 Å². The molecule has 4 aromatic rings. The first-order valence-electron chi connectivity index (χ1n) is 12.2. The molecule has 0 spiro atoms. The van der Waals surface area contributed by atoms with Crippen LogP contribution in [0.15, 0.2) is 41.5 Å². The number of ether oxygens (including phenoxy) is 1. The molecular formula is C25H28F3N7O2. The molecule has 196 valence electrons. The minimum Gasteiger partial charge on any atom is -0.383 e. The number of rotatable bonds is 8. The van der Waals surface area contributed by atoms with Crippen LogP contribution >= 0.6 is 0 Å². The van der Waals surface area contributed by atoms with Crippen molar-refractivity contribution in [2.24, 2.45) is 0 Å². The molecule has 37 heavy (non-hydrogen) atoms. The van der Waals surface area contributed by atoms with Crippen molar-refractivity contribution in [3.8, 4) is 11.4 Å². The molecule has 1 aromatic carbocycles. The van der Waals surface area contributed by atoms with Gasteiger partial charge < -0.3 is 14.6 Å². The van der Waals surface area contributed by atoms with E-state index < -0.39 is 11.7 Å². The molecule has 12 heteroatoms. The van der Waals surface area contributed by atoms with Gasteiger partial charge in [-0.15, -0.1) is 0 Å². The van der Waals surface area contributed by atoms with Gasteiger partial charge in [-0.05, 0) is 37.0 Å². The molecule has 5 rings (SSSR count). The van der Waals surface area contributed by atoms with Crippen molar-refractivity contribution >= 4 is 17.1 Å². The second-order valence-corrected chi connectivity index (χ2v) is 9.22. The third-order valence-electron chi connectivity index (χ3n) is 6.54. The minimum absolute atomic E-state index is 0.143. The van der Waals surface area contributed by atoms with E-state index >= 15 is 0 Å². The van der Waals surface area contributed by atoms with Gasteiger partial charge in [0.05, 0.1) is 36.5 Å². The Morgan fingerprint density at radius 2 is 2.08 bits per heavy atom. The van der Waals surface area contributed by atoms with Crippen molar-refractivity contribution in [1.29, 1.82) is 0 Å². The average Bonchev–Trinajstić information content (AvgIpc) is 3.61. The van der Waals surface area contributed by atoms with Gasteiger partial charge in [0.25, 0.3) is 5.56 Å². The van der Waals surface area contributed by atoms with E-state index in [1.807, 2.05) is 6.92 Å². The van der Waals surface area contributed by atoms with Crippen LogP contribution in [0, 0.1) is 0 Å². The van der Waals surface area contributed by atoms with E-state index in [1.165, 1.54) is 10.7 Å². The van der Waals surface area contributed by atoms with Crippen molar-refractivity contribution in [1.82, 2.24) is 29.3 Å². The van der Waals surface area contributed by atoms with Gasteiger partial charge in [0.2, 0.25) is 5.95 Å². The number of hydrogen-bond donors (Lipinski definition) is 1. The minimum atomic E-state index is -4.41. The zero-order valence-electron chi connectivity index (χ0n) is 20.6. The lowest BCUT2D eigenvalue weighted by molar-refractivity contribution is -0.137. The first-order chi connectivity index (χ1) is 17.8. The standard InChI is InChI=1S/C25H28F3N7O2/c1-3-9-35-23(36)20-22(32-24(35)34-10-5-8-19(34)15-37-2)31-21(30-20)17-12-29-33(14-17)13-16-6-4-7-18(11-16)25(26,27)28/h4,6-7,11-12,14,19H,3,5,8-10,13,15H2,1-2H3,(H,30,31)/t19-/m0/s1. The molecule has 0 saturated carbocycles. The summed E-state index contributed by atoms with van der Waals surface area (Å²) in [5, 5.41) is 4.28. The zero-order chi connectivity index (χ0) is 26.2. The second kappa shape index (κ2) is 10.0. The lowest BCUT2D eigenvalue weighted by Gasteiger charge is -2.27. The monoisotopic (exact) mass is 515 g/mol. The summed E-state index contributed by atoms with van der Waals surface area (Å²) >= 11 is 0. The highest BCUT2D eigenvalue weighted by atomic mass is 19.4. The Labute approximate surface area is 210 Å². The zero-order valence-corrected chi connectivity index (χ0v) is 20.6. The highest BCUT2D eigenvalue weighted by Crippen LogP contribution is 2.30. The second-order valence-electron chi connectivity index (χ2n) is 9.22. The first kappa shape index (κ1) is 25.0. The molecule has 1 aliphatic heterocycles. The van der Waals surface area contributed by atoms with Crippen LogP contribution in [-0.4, -0.2) is 55.6 Å². The maximum Gasteiger partial charge on any atom is 0.416 e. The number of alkyl halides is 3. The summed E-state index contributed by atoms with van der Waals surface area (Å²) in [7, 11) is 1.67. The molecular weight excluding hydrogens is 487 g/mol. The molecule has 3 aromatic heterocycles. The number of fused-ring (bicyclic) bond motifs is 1. The van der Waals surface area contributed by atoms with Gasteiger partial charge in [-0.1, -0.05) is 19.1 Å². The van der Waals surface area contributed by atoms with Crippen LogP contribution in [0.2, 0.25) is 0 Å². The lowest BCUT2D eigenvalue weighted by Crippen LogP contribution is -2.38. The Hall–Kier alpha value is -3.67. The van der Waals surface area contributed by atoms with Crippen LogP contribution < -0.4 is 10.5 Å². The summed E-state index contributed by atoms with van der Waals surface area (Å²) in [4.78, 5) is 28.0. The molecule has 0 aliphatic carbocycles. The fraction of sp³-hybridized carbons (Fsp3) is 0.440. The van der Waals surface area contributed by atoms with Crippen LogP contribution in [0.3, 0.4) is 0 Å². The van der Waals surface area contributed by atoms with Crippen molar-refractivity contribution in [2.45, 2.75) is 51.5 Å². The van der Waals surface area contributed by atoms with Crippen LogP contribution in [0.4, 0.5) is 19.1 Å².